The van der Waals surface area contributed by atoms with E-state index in [4.69, 9.17) is 16.3 Å². The van der Waals surface area contributed by atoms with Gasteiger partial charge in [-0.2, -0.15) is 0 Å². The zero-order valence-corrected chi connectivity index (χ0v) is 7.88. The van der Waals surface area contributed by atoms with Crippen LogP contribution in [0.25, 0.3) is 0 Å². The second-order valence-corrected chi connectivity index (χ2v) is 2.76. The molecule has 1 heterocycles. The summed E-state index contributed by atoms with van der Waals surface area (Å²) in [7, 11) is 1.64. The first kappa shape index (κ1) is 9.42. The van der Waals surface area contributed by atoms with E-state index < -0.39 is 0 Å². The molecule has 1 aromatic rings. The summed E-state index contributed by atoms with van der Waals surface area (Å²) in [6.07, 6.45) is 2.42. The van der Waals surface area contributed by atoms with Gasteiger partial charge in [0.2, 0.25) is 0 Å². The third-order valence-corrected chi connectivity index (χ3v) is 1.79. The number of halogens is 1. The van der Waals surface area contributed by atoms with Crippen LogP contribution >= 0.6 is 11.6 Å². The lowest BCUT2D eigenvalue weighted by Crippen LogP contribution is -2.04. The first-order valence-corrected chi connectivity index (χ1v) is 4.17. The molecule has 0 aliphatic carbocycles. The highest BCUT2D eigenvalue weighted by atomic mass is 35.5. The van der Waals surface area contributed by atoms with Crippen LogP contribution in [0.3, 0.4) is 0 Å². The molecule has 0 N–H and O–H groups in total. The summed E-state index contributed by atoms with van der Waals surface area (Å²) in [6, 6.07) is 1.65. The third-order valence-electron chi connectivity index (χ3n) is 1.58. The Morgan fingerprint density at radius 2 is 2.42 bits per heavy atom. The summed E-state index contributed by atoms with van der Waals surface area (Å²) in [5.74, 6) is 0.646. The van der Waals surface area contributed by atoms with Crippen molar-refractivity contribution in [3.63, 3.8) is 0 Å². The van der Waals surface area contributed by atoms with Crippen molar-refractivity contribution in [2.45, 2.75) is 19.4 Å². The summed E-state index contributed by atoms with van der Waals surface area (Å²) in [5, 5.41) is 0.454. The zero-order chi connectivity index (χ0) is 8.97. The second kappa shape index (κ2) is 4.38. The van der Waals surface area contributed by atoms with Gasteiger partial charge in [0.15, 0.2) is 5.82 Å². The number of rotatable bonds is 3. The Balaban J connectivity index is 2.85. The Hall–Kier alpha value is -0.670. The van der Waals surface area contributed by atoms with Gasteiger partial charge in [0.1, 0.15) is 11.3 Å². The number of methoxy groups -OCH3 is 1. The SMILES string of the molecule is CC[C@H](OC)c1nccc(Cl)n1. The highest BCUT2D eigenvalue weighted by Crippen LogP contribution is 2.16. The summed E-state index contributed by atoms with van der Waals surface area (Å²) in [4.78, 5) is 8.11. The van der Waals surface area contributed by atoms with Crippen LogP contribution in [0.15, 0.2) is 12.3 Å². The number of hydrogen-bond acceptors (Lipinski definition) is 3. The van der Waals surface area contributed by atoms with Gasteiger partial charge in [-0.3, -0.25) is 0 Å². The van der Waals surface area contributed by atoms with Crippen LogP contribution in [0.5, 0.6) is 0 Å². The average Bonchev–Trinajstić information content (AvgIpc) is 2.07. The van der Waals surface area contributed by atoms with Crippen molar-refractivity contribution in [2.75, 3.05) is 7.11 Å². The Morgan fingerprint density at radius 1 is 1.67 bits per heavy atom. The fraction of sp³-hybridized carbons (Fsp3) is 0.500. The Morgan fingerprint density at radius 3 is 2.92 bits per heavy atom. The van der Waals surface area contributed by atoms with E-state index in [1.54, 1.807) is 19.4 Å². The third kappa shape index (κ3) is 2.16. The molecular formula is C8H11ClN2O. The van der Waals surface area contributed by atoms with E-state index in [1.807, 2.05) is 6.92 Å². The summed E-state index contributed by atoms with van der Waals surface area (Å²) in [6.45, 7) is 2.01. The Bertz CT molecular complexity index is 251. The van der Waals surface area contributed by atoms with Crippen LogP contribution < -0.4 is 0 Å². The monoisotopic (exact) mass is 186 g/mol. The molecule has 1 atom stereocenters. The fourth-order valence-electron chi connectivity index (χ4n) is 0.960. The molecule has 0 unspecified atom stereocenters. The average molecular weight is 187 g/mol. The molecule has 0 aliphatic rings. The van der Waals surface area contributed by atoms with Crippen molar-refractivity contribution < 1.29 is 4.74 Å². The van der Waals surface area contributed by atoms with E-state index in [1.165, 1.54) is 0 Å². The van der Waals surface area contributed by atoms with E-state index in [0.29, 0.717) is 11.0 Å². The van der Waals surface area contributed by atoms with Crippen molar-refractivity contribution in [2.24, 2.45) is 0 Å². The van der Waals surface area contributed by atoms with Crippen LogP contribution in [0, 0.1) is 0 Å². The molecule has 12 heavy (non-hydrogen) atoms. The summed E-state index contributed by atoms with van der Waals surface area (Å²) >= 11 is 5.70. The molecule has 4 heteroatoms. The minimum atomic E-state index is -0.0521. The molecule has 1 aromatic heterocycles. The van der Waals surface area contributed by atoms with E-state index in [2.05, 4.69) is 9.97 Å². The first-order valence-electron chi connectivity index (χ1n) is 3.79. The normalized spacial score (nSPS) is 12.9. The molecule has 0 saturated carbocycles. The van der Waals surface area contributed by atoms with E-state index in [0.717, 1.165) is 6.42 Å². The molecule has 0 spiro atoms. The predicted molar refractivity (Wildman–Crippen MR) is 47.1 cm³/mol. The molecule has 66 valence electrons. The first-order chi connectivity index (χ1) is 5.77. The maximum absolute atomic E-state index is 5.70. The lowest BCUT2D eigenvalue weighted by Gasteiger charge is -2.10. The smallest absolute Gasteiger partial charge is 0.158 e. The lowest BCUT2D eigenvalue weighted by atomic mass is 10.2. The van der Waals surface area contributed by atoms with Gasteiger partial charge in [0, 0.05) is 13.3 Å². The highest BCUT2D eigenvalue weighted by Gasteiger charge is 2.10. The molecule has 0 saturated heterocycles. The van der Waals surface area contributed by atoms with Crippen molar-refractivity contribution in [3.05, 3.63) is 23.2 Å². The molecule has 0 amide bonds. The van der Waals surface area contributed by atoms with Gasteiger partial charge < -0.3 is 4.74 Å². The van der Waals surface area contributed by atoms with Gasteiger partial charge >= 0.3 is 0 Å². The van der Waals surface area contributed by atoms with Gasteiger partial charge in [-0.05, 0) is 12.5 Å². The number of aromatic nitrogens is 2. The second-order valence-electron chi connectivity index (χ2n) is 2.37. The van der Waals surface area contributed by atoms with E-state index >= 15 is 0 Å². The summed E-state index contributed by atoms with van der Waals surface area (Å²) in [5.41, 5.74) is 0. The van der Waals surface area contributed by atoms with Crippen molar-refractivity contribution in [1.29, 1.82) is 0 Å². The van der Waals surface area contributed by atoms with Crippen molar-refractivity contribution in [3.8, 4) is 0 Å². The number of ether oxygens (including phenoxy) is 1. The quantitative estimate of drug-likeness (QED) is 0.679. The van der Waals surface area contributed by atoms with Crippen molar-refractivity contribution >= 4 is 11.6 Å². The standard InChI is InChI=1S/C8H11ClN2O/c1-3-6(12-2)8-10-5-4-7(9)11-8/h4-6H,3H2,1-2H3/t6-/m0/s1. The fourth-order valence-corrected chi connectivity index (χ4v) is 1.10. The maximum atomic E-state index is 5.70. The Labute approximate surface area is 76.7 Å². The molecule has 3 nitrogen and oxygen atoms in total. The summed E-state index contributed by atoms with van der Waals surface area (Å²) < 4.78 is 5.16. The van der Waals surface area contributed by atoms with Gasteiger partial charge in [-0.1, -0.05) is 18.5 Å². The minimum absolute atomic E-state index is 0.0521. The van der Waals surface area contributed by atoms with Crippen LogP contribution in [-0.2, 0) is 4.74 Å². The molecule has 0 radical (unpaired) electrons. The maximum Gasteiger partial charge on any atom is 0.158 e. The predicted octanol–water partition coefficient (Wildman–Crippen LogP) is 2.23. The van der Waals surface area contributed by atoms with Gasteiger partial charge in [-0.15, -0.1) is 0 Å². The molecule has 0 bridgehead atoms. The topological polar surface area (TPSA) is 35.0 Å². The van der Waals surface area contributed by atoms with Crippen LogP contribution in [0.1, 0.15) is 25.3 Å². The van der Waals surface area contributed by atoms with Crippen LogP contribution in [-0.4, -0.2) is 17.1 Å². The minimum Gasteiger partial charge on any atom is -0.373 e. The molecule has 1 rings (SSSR count). The lowest BCUT2D eigenvalue weighted by molar-refractivity contribution is 0.0926. The van der Waals surface area contributed by atoms with Crippen LogP contribution in [0.4, 0.5) is 0 Å². The molecule has 0 aliphatic heterocycles. The van der Waals surface area contributed by atoms with E-state index in [9.17, 15) is 0 Å². The van der Waals surface area contributed by atoms with Gasteiger partial charge in [0.25, 0.3) is 0 Å². The molecule has 0 aromatic carbocycles. The van der Waals surface area contributed by atoms with Crippen molar-refractivity contribution in [1.82, 2.24) is 9.97 Å². The number of nitrogens with zero attached hydrogens (tertiary/aromatic N) is 2. The van der Waals surface area contributed by atoms with E-state index in [-0.39, 0.29) is 6.10 Å². The highest BCUT2D eigenvalue weighted by molar-refractivity contribution is 6.29. The zero-order valence-electron chi connectivity index (χ0n) is 7.12. The van der Waals surface area contributed by atoms with Gasteiger partial charge in [-0.25, -0.2) is 9.97 Å². The number of hydrogen-bond donors (Lipinski definition) is 0. The largest absolute Gasteiger partial charge is 0.373 e. The molecule has 0 fully saturated rings. The van der Waals surface area contributed by atoms with Crippen LogP contribution in [0.2, 0.25) is 5.15 Å². The van der Waals surface area contributed by atoms with Gasteiger partial charge in [0.05, 0.1) is 0 Å². The molecular weight excluding hydrogens is 176 g/mol. The Kier molecular flexibility index (Phi) is 3.44.